The predicted molar refractivity (Wildman–Crippen MR) is 69.0 cm³/mol. The molecule has 0 aliphatic heterocycles. The molecule has 1 heterocycles. The van der Waals surface area contributed by atoms with E-state index < -0.39 is 35.5 Å². The molecule has 2 aromatic rings. The Morgan fingerprint density at radius 2 is 1.70 bits per heavy atom. The highest BCUT2D eigenvalue weighted by Crippen LogP contribution is 2.37. The van der Waals surface area contributed by atoms with Crippen LogP contribution in [0, 0.1) is 11.3 Å². The summed E-state index contributed by atoms with van der Waals surface area (Å²) in [4.78, 5) is 3.75. The first-order valence-corrected chi connectivity index (χ1v) is 6.24. The molecule has 0 saturated heterocycles. The zero-order chi connectivity index (χ0) is 17.3. The van der Waals surface area contributed by atoms with Crippen LogP contribution in [0.4, 0.5) is 26.3 Å². The molecular weight excluding hydrogens is 322 g/mol. The van der Waals surface area contributed by atoms with Gasteiger partial charge in [-0.25, -0.2) is 0 Å². The molecule has 0 bridgehead atoms. The average molecular weight is 330 g/mol. The fourth-order valence-electron chi connectivity index (χ4n) is 2.11. The average Bonchev–Trinajstić information content (AvgIpc) is 2.46. The Labute approximate surface area is 127 Å². The van der Waals surface area contributed by atoms with Gasteiger partial charge in [-0.3, -0.25) is 4.98 Å². The molecule has 1 aromatic carbocycles. The molecule has 0 unspecified atom stereocenters. The summed E-state index contributed by atoms with van der Waals surface area (Å²) in [6, 6.07) is 6.11. The van der Waals surface area contributed by atoms with Gasteiger partial charge in [0.25, 0.3) is 0 Å². The monoisotopic (exact) mass is 330 g/mol. The number of pyridine rings is 1. The number of halogens is 6. The molecule has 1 aromatic heterocycles. The Kier molecular flexibility index (Phi) is 4.32. The molecule has 0 fully saturated rings. The highest BCUT2D eigenvalue weighted by Gasteiger charge is 2.35. The van der Waals surface area contributed by atoms with Crippen LogP contribution in [0.25, 0.3) is 11.3 Å². The fraction of sp³-hybridized carbons (Fsp3) is 0.200. The van der Waals surface area contributed by atoms with Gasteiger partial charge in [0.1, 0.15) is 0 Å². The largest absolute Gasteiger partial charge is 0.416 e. The summed E-state index contributed by atoms with van der Waals surface area (Å²) in [7, 11) is 0. The second-order valence-electron chi connectivity index (χ2n) is 4.60. The minimum Gasteiger partial charge on any atom is -0.256 e. The molecule has 0 spiro atoms. The zero-order valence-corrected chi connectivity index (χ0v) is 11.3. The number of hydrogen-bond donors (Lipinski definition) is 0. The van der Waals surface area contributed by atoms with Crippen molar-refractivity contribution in [2.45, 2.75) is 18.8 Å². The first kappa shape index (κ1) is 16.8. The minimum atomic E-state index is -4.73. The summed E-state index contributed by atoms with van der Waals surface area (Å²) in [6.45, 7) is 0. The lowest BCUT2D eigenvalue weighted by Gasteiger charge is -2.15. The highest BCUT2D eigenvalue weighted by molar-refractivity contribution is 5.66. The Bertz CT molecular complexity index is 756. The van der Waals surface area contributed by atoms with Crippen molar-refractivity contribution in [1.82, 2.24) is 4.98 Å². The van der Waals surface area contributed by atoms with Crippen LogP contribution in [0.1, 0.15) is 16.7 Å². The van der Waals surface area contributed by atoms with Crippen molar-refractivity contribution >= 4 is 0 Å². The standard InChI is InChI=1S/C15H8F6N2/c16-14(17,18)10-3-1-2-9(8-10)13-11(4-6-22)12(5-7-23-13)15(19,20)21/h1-3,5,7-8H,4H2. The van der Waals surface area contributed by atoms with E-state index in [1.54, 1.807) is 6.07 Å². The molecule has 23 heavy (non-hydrogen) atoms. The van der Waals surface area contributed by atoms with Crippen LogP contribution >= 0.6 is 0 Å². The van der Waals surface area contributed by atoms with Crippen LogP contribution in [0.3, 0.4) is 0 Å². The van der Waals surface area contributed by atoms with Gasteiger partial charge in [-0.15, -0.1) is 0 Å². The molecule has 0 aliphatic carbocycles. The maximum absolute atomic E-state index is 13.0. The van der Waals surface area contributed by atoms with E-state index in [2.05, 4.69) is 4.98 Å². The quantitative estimate of drug-likeness (QED) is 0.738. The van der Waals surface area contributed by atoms with E-state index in [-0.39, 0.29) is 11.3 Å². The number of nitrogens with zero attached hydrogens (tertiary/aromatic N) is 2. The molecule has 8 heteroatoms. The fourth-order valence-corrected chi connectivity index (χ4v) is 2.11. The van der Waals surface area contributed by atoms with Gasteiger partial charge in [0, 0.05) is 17.3 Å². The van der Waals surface area contributed by atoms with Crippen LogP contribution in [-0.4, -0.2) is 4.98 Å². The summed E-state index contributed by atoms with van der Waals surface area (Å²) in [6.07, 6.45) is -9.12. The number of aromatic nitrogens is 1. The van der Waals surface area contributed by atoms with Crippen molar-refractivity contribution in [3.63, 3.8) is 0 Å². The van der Waals surface area contributed by atoms with E-state index in [4.69, 9.17) is 5.26 Å². The third kappa shape index (κ3) is 3.62. The summed E-state index contributed by atoms with van der Waals surface area (Å²) in [5.41, 5.74) is -2.94. The van der Waals surface area contributed by atoms with E-state index in [1.807, 2.05) is 0 Å². The molecular formula is C15H8F6N2. The molecule has 0 saturated carbocycles. The third-order valence-corrected chi connectivity index (χ3v) is 3.08. The maximum atomic E-state index is 13.0. The number of hydrogen-bond acceptors (Lipinski definition) is 2. The summed E-state index contributed by atoms with van der Waals surface area (Å²) >= 11 is 0. The first-order chi connectivity index (χ1) is 10.6. The van der Waals surface area contributed by atoms with Crippen LogP contribution < -0.4 is 0 Å². The van der Waals surface area contributed by atoms with Crippen molar-refractivity contribution in [1.29, 1.82) is 5.26 Å². The number of alkyl halides is 6. The van der Waals surface area contributed by atoms with E-state index in [1.165, 1.54) is 6.07 Å². The maximum Gasteiger partial charge on any atom is 0.416 e. The van der Waals surface area contributed by atoms with Gasteiger partial charge in [0.15, 0.2) is 0 Å². The van der Waals surface area contributed by atoms with Crippen molar-refractivity contribution in [2.75, 3.05) is 0 Å². The van der Waals surface area contributed by atoms with Gasteiger partial charge in [0.05, 0.1) is 29.3 Å². The van der Waals surface area contributed by atoms with E-state index >= 15 is 0 Å². The number of benzene rings is 1. The lowest BCUT2D eigenvalue weighted by molar-refractivity contribution is -0.138. The van der Waals surface area contributed by atoms with Crippen LogP contribution in [0.2, 0.25) is 0 Å². The Morgan fingerprint density at radius 1 is 1.00 bits per heavy atom. The predicted octanol–water partition coefficient (Wildman–Crippen LogP) is 4.85. The van der Waals surface area contributed by atoms with Gasteiger partial charge in [-0.1, -0.05) is 12.1 Å². The molecule has 0 atom stereocenters. The lowest BCUT2D eigenvalue weighted by atomic mass is 9.97. The molecule has 2 nitrogen and oxygen atoms in total. The van der Waals surface area contributed by atoms with Crippen LogP contribution in [0.15, 0.2) is 36.5 Å². The van der Waals surface area contributed by atoms with Gasteiger partial charge < -0.3 is 0 Å². The number of rotatable bonds is 2. The summed E-state index contributed by atoms with van der Waals surface area (Å²) < 4.78 is 77.3. The van der Waals surface area contributed by atoms with Gasteiger partial charge >= 0.3 is 12.4 Å². The number of nitriles is 1. The topological polar surface area (TPSA) is 36.7 Å². The zero-order valence-electron chi connectivity index (χ0n) is 11.3. The van der Waals surface area contributed by atoms with Crippen molar-refractivity contribution in [3.8, 4) is 17.3 Å². The normalized spacial score (nSPS) is 12.0. The van der Waals surface area contributed by atoms with Gasteiger partial charge in [-0.2, -0.15) is 31.6 Å². The van der Waals surface area contributed by atoms with Gasteiger partial charge in [-0.05, 0) is 18.2 Å². The molecule has 2 rings (SSSR count). The van der Waals surface area contributed by atoms with Crippen molar-refractivity contribution in [2.24, 2.45) is 0 Å². The van der Waals surface area contributed by atoms with Crippen LogP contribution in [0.5, 0.6) is 0 Å². The van der Waals surface area contributed by atoms with Crippen LogP contribution in [-0.2, 0) is 18.8 Å². The molecule has 120 valence electrons. The highest BCUT2D eigenvalue weighted by atomic mass is 19.4. The Balaban J connectivity index is 2.67. The van der Waals surface area contributed by atoms with Crippen molar-refractivity contribution in [3.05, 3.63) is 53.2 Å². The smallest absolute Gasteiger partial charge is 0.256 e. The summed E-state index contributed by atoms with van der Waals surface area (Å²) in [5, 5.41) is 8.74. The molecule has 0 radical (unpaired) electrons. The first-order valence-electron chi connectivity index (χ1n) is 6.24. The molecule has 0 aliphatic rings. The Morgan fingerprint density at radius 3 is 2.26 bits per heavy atom. The molecule has 0 N–H and O–H groups in total. The van der Waals surface area contributed by atoms with Gasteiger partial charge in [0.2, 0.25) is 0 Å². The molecule has 0 amide bonds. The van der Waals surface area contributed by atoms with E-state index in [9.17, 15) is 26.3 Å². The minimum absolute atomic E-state index is 0.129. The second-order valence-corrected chi connectivity index (χ2v) is 4.60. The van der Waals surface area contributed by atoms with E-state index in [0.717, 1.165) is 18.3 Å². The third-order valence-electron chi connectivity index (χ3n) is 3.08. The Hall–Kier alpha value is -2.56. The van der Waals surface area contributed by atoms with E-state index in [0.29, 0.717) is 12.1 Å². The summed E-state index contributed by atoms with van der Waals surface area (Å²) in [5.74, 6) is 0. The van der Waals surface area contributed by atoms with Crippen molar-refractivity contribution < 1.29 is 26.3 Å². The SMILES string of the molecule is N#CCc1c(C(F)(F)F)ccnc1-c1cccc(C(F)(F)F)c1. The second kappa shape index (κ2) is 5.91. The lowest BCUT2D eigenvalue weighted by Crippen LogP contribution is -2.11.